The van der Waals surface area contributed by atoms with Crippen LogP contribution in [0.1, 0.15) is 232 Å². The van der Waals surface area contributed by atoms with E-state index in [0.29, 0.717) is 12.8 Å². The predicted molar refractivity (Wildman–Crippen MR) is 245 cm³/mol. The first-order valence-electron chi connectivity index (χ1n) is 24.9. The average Bonchev–Trinajstić information content (AvgIpc) is 3.19. The third-order valence-corrected chi connectivity index (χ3v) is 11.4. The van der Waals surface area contributed by atoms with Gasteiger partial charge in [0.05, 0.1) is 40.3 Å². The zero-order valence-electron chi connectivity index (χ0n) is 39.4. The summed E-state index contributed by atoms with van der Waals surface area (Å²) in [6, 6.07) is -0.723. The maximum Gasteiger partial charge on any atom is 0.306 e. The summed E-state index contributed by atoms with van der Waals surface area (Å²) in [6.07, 6.45) is 47.7. The molecule has 8 heteroatoms. The number of hydrogen-bond donors (Lipinski definition) is 0. The smallest absolute Gasteiger partial charge is 0.306 e. The topological polar surface area (TPSA) is 102 Å². The molecule has 0 aromatic heterocycles. The number of allylic oxidation sites excluding steroid dienone is 4. The number of carboxylic acid groups (broad SMARTS) is 1. The third-order valence-electron chi connectivity index (χ3n) is 11.4. The van der Waals surface area contributed by atoms with Crippen LogP contribution < -0.4 is 5.11 Å². The van der Waals surface area contributed by atoms with Crippen molar-refractivity contribution in [1.29, 1.82) is 0 Å². The first-order valence-corrected chi connectivity index (χ1v) is 24.9. The normalized spacial score (nSPS) is 13.0. The third kappa shape index (κ3) is 41.0. The molecule has 0 aliphatic rings. The predicted octanol–water partition coefficient (Wildman–Crippen LogP) is 12.7. The van der Waals surface area contributed by atoms with Crippen molar-refractivity contribution in [3.05, 3.63) is 24.3 Å². The molecule has 0 aliphatic carbocycles. The van der Waals surface area contributed by atoms with E-state index >= 15 is 0 Å². The number of unbranched alkanes of at least 4 members (excludes halogenated alkanes) is 28. The maximum atomic E-state index is 12.8. The minimum Gasteiger partial charge on any atom is -0.544 e. The maximum absolute atomic E-state index is 12.8. The average molecular weight is 834 g/mol. The first-order chi connectivity index (χ1) is 28.6. The molecule has 0 radical (unpaired) electrons. The van der Waals surface area contributed by atoms with Crippen LogP contribution in [0.2, 0.25) is 0 Å². The van der Waals surface area contributed by atoms with Gasteiger partial charge in [-0.05, 0) is 38.5 Å². The fourth-order valence-corrected chi connectivity index (χ4v) is 7.48. The van der Waals surface area contributed by atoms with Crippen LogP contribution in [0, 0.1) is 0 Å². The van der Waals surface area contributed by atoms with E-state index in [0.717, 1.165) is 38.5 Å². The highest BCUT2D eigenvalue weighted by molar-refractivity contribution is 5.70. The van der Waals surface area contributed by atoms with Crippen molar-refractivity contribution in [3.8, 4) is 0 Å². The van der Waals surface area contributed by atoms with Crippen molar-refractivity contribution in [2.75, 3.05) is 41.0 Å². The molecule has 0 saturated carbocycles. The van der Waals surface area contributed by atoms with Gasteiger partial charge >= 0.3 is 11.9 Å². The number of aliphatic carboxylic acids is 1. The monoisotopic (exact) mass is 834 g/mol. The fourth-order valence-electron chi connectivity index (χ4n) is 7.48. The second-order valence-electron chi connectivity index (χ2n) is 18.1. The van der Waals surface area contributed by atoms with Gasteiger partial charge in [0.1, 0.15) is 12.6 Å². The molecule has 0 saturated heterocycles. The SMILES string of the molecule is CCCCC/C=C/C=C/CCCCCCCCCCCCC(=O)OCC(COCCC(C(=O)[O-])[N+](C)(C)C)OC(=O)CCCCCCCCCCCCCCCCCC. The van der Waals surface area contributed by atoms with E-state index < -0.39 is 18.1 Å². The molecule has 59 heavy (non-hydrogen) atoms. The van der Waals surface area contributed by atoms with Crippen LogP contribution in [0.4, 0.5) is 0 Å². The van der Waals surface area contributed by atoms with Gasteiger partial charge in [-0.2, -0.15) is 0 Å². The minimum atomic E-state index is -1.12. The van der Waals surface area contributed by atoms with Crippen molar-refractivity contribution in [2.24, 2.45) is 0 Å². The van der Waals surface area contributed by atoms with Gasteiger partial charge in [-0.1, -0.05) is 199 Å². The van der Waals surface area contributed by atoms with Crippen LogP contribution in [0.25, 0.3) is 0 Å². The lowest BCUT2D eigenvalue weighted by atomic mass is 10.0. The highest BCUT2D eigenvalue weighted by Gasteiger charge is 2.25. The first kappa shape index (κ1) is 56.8. The van der Waals surface area contributed by atoms with Crippen LogP contribution in [-0.2, 0) is 28.6 Å². The molecule has 0 amide bonds. The molecule has 2 atom stereocenters. The van der Waals surface area contributed by atoms with Gasteiger partial charge in [-0.3, -0.25) is 9.59 Å². The Hall–Kier alpha value is -2.19. The number of carbonyl (C=O) groups is 3. The van der Waals surface area contributed by atoms with Crippen molar-refractivity contribution >= 4 is 17.9 Å². The lowest BCUT2D eigenvalue weighted by molar-refractivity contribution is -0.889. The van der Waals surface area contributed by atoms with E-state index in [1.807, 2.05) is 0 Å². The van der Waals surface area contributed by atoms with Crippen LogP contribution in [0.3, 0.4) is 0 Å². The van der Waals surface area contributed by atoms with Crippen molar-refractivity contribution < 1.29 is 38.2 Å². The molecular formula is C51H95NO7. The Balaban J connectivity index is 4.24. The lowest BCUT2D eigenvalue weighted by Gasteiger charge is -2.34. The summed E-state index contributed by atoms with van der Waals surface area (Å²) in [7, 11) is 5.42. The summed E-state index contributed by atoms with van der Waals surface area (Å²) in [5.41, 5.74) is 0. The van der Waals surface area contributed by atoms with Crippen LogP contribution >= 0.6 is 0 Å². The minimum absolute atomic E-state index is 0.0444. The largest absolute Gasteiger partial charge is 0.544 e. The number of likely N-dealkylation sites (N-methyl/N-ethyl adjacent to an activating group) is 1. The number of quaternary nitrogens is 1. The van der Waals surface area contributed by atoms with E-state index in [4.69, 9.17) is 14.2 Å². The molecule has 0 heterocycles. The van der Waals surface area contributed by atoms with Gasteiger partial charge in [0.25, 0.3) is 0 Å². The number of carboxylic acids is 1. The molecule has 0 bridgehead atoms. The highest BCUT2D eigenvalue weighted by atomic mass is 16.6. The van der Waals surface area contributed by atoms with Gasteiger partial charge in [-0.15, -0.1) is 0 Å². The van der Waals surface area contributed by atoms with E-state index in [9.17, 15) is 19.5 Å². The number of nitrogens with zero attached hydrogens (tertiary/aromatic N) is 1. The quantitative estimate of drug-likeness (QED) is 0.0260. The zero-order chi connectivity index (χ0) is 43.5. The van der Waals surface area contributed by atoms with Crippen LogP contribution in [0.15, 0.2) is 24.3 Å². The summed E-state index contributed by atoms with van der Waals surface area (Å²) < 4.78 is 17.2. The van der Waals surface area contributed by atoms with Gasteiger partial charge in [0.15, 0.2) is 6.10 Å². The summed E-state index contributed by atoms with van der Waals surface area (Å²) in [6.45, 7) is 4.67. The number of ether oxygens (including phenoxy) is 3. The highest BCUT2D eigenvalue weighted by Crippen LogP contribution is 2.16. The Morgan fingerprint density at radius 3 is 1.31 bits per heavy atom. The standard InChI is InChI=1S/C51H95NO7/c1-6-8-10-12-14-16-18-20-22-24-25-26-28-29-31-33-35-37-39-41-49(53)58-46-47(45-57-44-43-48(51(55)56)52(3,4)5)59-50(54)42-40-38-36-34-32-30-27-23-21-19-17-15-13-11-9-7-2/h14,16,18,20,47-48H,6-13,15,17,19,21-46H2,1-5H3/b16-14+,20-18+. The van der Waals surface area contributed by atoms with E-state index in [1.165, 1.54) is 161 Å². The Morgan fingerprint density at radius 2 is 0.881 bits per heavy atom. The van der Waals surface area contributed by atoms with Gasteiger partial charge in [0, 0.05) is 19.3 Å². The Labute approximate surface area is 364 Å². The summed E-state index contributed by atoms with van der Waals surface area (Å²) >= 11 is 0. The van der Waals surface area contributed by atoms with Crippen LogP contribution in [0.5, 0.6) is 0 Å². The Kier molecular flexibility index (Phi) is 40.9. The Morgan fingerprint density at radius 1 is 0.508 bits per heavy atom. The molecule has 0 aliphatic heterocycles. The zero-order valence-corrected chi connectivity index (χ0v) is 39.4. The Bertz CT molecular complexity index is 1020. The van der Waals surface area contributed by atoms with E-state index in [-0.39, 0.29) is 42.7 Å². The van der Waals surface area contributed by atoms with E-state index in [2.05, 4.69) is 38.2 Å². The molecule has 0 N–H and O–H groups in total. The van der Waals surface area contributed by atoms with Gasteiger partial charge in [0.2, 0.25) is 0 Å². The van der Waals surface area contributed by atoms with Crippen molar-refractivity contribution in [3.63, 3.8) is 0 Å². The molecule has 346 valence electrons. The lowest BCUT2D eigenvalue weighted by Crippen LogP contribution is -2.55. The van der Waals surface area contributed by atoms with Crippen molar-refractivity contribution in [2.45, 2.75) is 244 Å². The summed E-state index contributed by atoms with van der Waals surface area (Å²) in [5, 5.41) is 11.6. The molecule has 0 aromatic rings. The number of esters is 2. The van der Waals surface area contributed by atoms with Crippen LogP contribution in [-0.4, -0.2) is 75.5 Å². The van der Waals surface area contributed by atoms with Crippen molar-refractivity contribution in [1.82, 2.24) is 0 Å². The molecule has 8 nitrogen and oxygen atoms in total. The molecule has 0 spiro atoms. The number of carbonyl (C=O) groups excluding carboxylic acids is 3. The second-order valence-corrected chi connectivity index (χ2v) is 18.1. The fraction of sp³-hybridized carbons (Fsp3) is 0.863. The molecule has 0 fully saturated rings. The van der Waals surface area contributed by atoms with Gasteiger partial charge < -0.3 is 28.6 Å². The summed E-state index contributed by atoms with van der Waals surface area (Å²) in [5.74, 6) is -1.72. The summed E-state index contributed by atoms with van der Waals surface area (Å²) in [4.78, 5) is 37.0. The molecule has 2 unspecified atom stereocenters. The number of rotatable bonds is 45. The number of hydrogen-bond acceptors (Lipinski definition) is 7. The second kappa shape index (κ2) is 42.5. The van der Waals surface area contributed by atoms with Gasteiger partial charge in [-0.25, -0.2) is 0 Å². The molecule has 0 rings (SSSR count). The molecule has 0 aromatic carbocycles. The van der Waals surface area contributed by atoms with E-state index in [1.54, 1.807) is 21.1 Å². The molecular weight excluding hydrogens is 739 g/mol.